The standard InChI is InChI=1S/C32H41Cl2N7O2/c1-3-4-7-39-10-12-41(13-11-39)32-36-20-29(21-37-32)43-31-15-25(14-30(38-31)26-16-27(33)18-28(34)17-26)22-40-8-5-24(6-9-40)19-35-23(2)42/h14-18,20-21,24H,3-13,19,22H2,1-2H3,(H,35,42). The lowest BCUT2D eigenvalue weighted by molar-refractivity contribution is -0.119. The molecule has 2 aliphatic heterocycles. The molecular formula is C32H41Cl2N7O2. The van der Waals surface area contributed by atoms with Gasteiger partial charge in [-0.05, 0) is 74.6 Å². The van der Waals surface area contributed by atoms with Gasteiger partial charge in [0.05, 0.1) is 18.1 Å². The first-order valence-corrected chi connectivity index (χ1v) is 16.0. The molecule has 9 nitrogen and oxygen atoms in total. The van der Waals surface area contributed by atoms with E-state index in [-0.39, 0.29) is 5.91 Å². The number of unbranched alkanes of at least 4 members (excludes halogenated alkanes) is 1. The Morgan fingerprint density at radius 2 is 1.65 bits per heavy atom. The Labute approximate surface area is 264 Å². The van der Waals surface area contributed by atoms with Gasteiger partial charge in [0, 0.05) is 67.9 Å². The molecule has 1 amide bonds. The maximum absolute atomic E-state index is 11.3. The Balaban J connectivity index is 1.28. The maximum atomic E-state index is 11.3. The number of anilines is 1. The first-order valence-electron chi connectivity index (χ1n) is 15.3. The number of amides is 1. The van der Waals surface area contributed by atoms with Gasteiger partial charge in [0.2, 0.25) is 17.7 Å². The van der Waals surface area contributed by atoms with Gasteiger partial charge in [-0.2, -0.15) is 0 Å². The molecule has 0 bridgehead atoms. The average molecular weight is 627 g/mol. The van der Waals surface area contributed by atoms with Crippen LogP contribution in [-0.4, -0.2) is 83.0 Å². The van der Waals surface area contributed by atoms with E-state index in [1.54, 1.807) is 25.4 Å². The van der Waals surface area contributed by atoms with Gasteiger partial charge in [0.15, 0.2) is 5.75 Å². The molecule has 2 saturated heterocycles. The SMILES string of the molecule is CCCCN1CCN(c2ncc(Oc3cc(CN4CCC(CNC(C)=O)CC4)cc(-c4cc(Cl)cc(Cl)c4)n3)cn2)CC1. The highest BCUT2D eigenvalue weighted by Crippen LogP contribution is 2.31. The second-order valence-corrected chi connectivity index (χ2v) is 12.4. The predicted octanol–water partition coefficient (Wildman–Crippen LogP) is 5.91. The molecule has 0 saturated carbocycles. The van der Waals surface area contributed by atoms with Gasteiger partial charge >= 0.3 is 0 Å². The number of nitrogens with zero attached hydrogens (tertiary/aromatic N) is 6. The van der Waals surface area contributed by atoms with Gasteiger partial charge in [0.1, 0.15) is 0 Å². The molecule has 0 aliphatic carbocycles. The van der Waals surface area contributed by atoms with Crippen LogP contribution in [0.5, 0.6) is 11.6 Å². The number of halogens is 2. The van der Waals surface area contributed by atoms with Crippen LogP contribution in [0.1, 0.15) is 45.1 Å². The summed E-state index contributed by atoms with van der Waals surface area (Å²) in [6.07, 6.45) is 7.98. The number of piperazine rings is 1. The number of rotatable bonds is 11. The summed E-state index contributed by atoms with van der Waals surface area (Å²) < 4.78 is 6.22. The Morgan fingerprint density at radius 1 is 0.953 bits per heavy atom. The summed E-state index contributed by atoms with van der Waals surface area (Å²) in [5.41, 5.74) is 2.63. The van der Waals surface area contributed by atoms with Crippen LogP contribution >= 0.6 is 23.2 Å². The van der Waals surface area contributed by atoms with E-state index in [1.165, 1.54) is 12.8 Å². The van der Waals surface area contributed by atoms with Crippen LogP contribution in [-0.2, 0) is 11.3 Å². The van der Waals surface area contributed by atoms with E-state index in [4.69, 9.17) is 32.9 Å². The second-order valence-electron chi connectivity index (χ2n) is 11.5. The van der Waals surface area contributed by atoms with Crippen molar-refractivity contribution < 1.29 is 9.53 Å². The number of carbonyl (C=O) groups is 1. The van der Waals surface area contributed by atoms with Gasteiger partial charge in [-0.3, -0.25) is 14.6 Å². The van der Waals surface area contributed by atoms with Crippen molar-refractivity contribution >= 4 is 35.1 Å². The fourth-order valence-corrected chi connectivity index (χ4v) is 6.17. The first-order chi connectivity index (χ1) is 20.8. The van der Waals surface area contributed by atoms with Crippen LogP contribution in [0.25, 0.3) is 11.3 Å². The highest BCUT2D eigenvalue weighted by atomic mass is 35.5. The molecule has 5 rings (SSSR count). The van der Waals surface area contributed by atoms with Crippen LogP contribution in [0.4, 0.5) is 5.95 Å². The predicted molar refractivity (Wildman–Crippen MR) is 172 cm³/mol. The number of likely N-dealkylation sites (tertiary alicyclic amines) is 1. The third-order valence-corrected chi connectivity index (χ3v) is 8.53. The van der Waals surface area contributed by atoms with Crippen molar-refractivity contribution in [2.75, 3.05) is 57.3 Å². The van der Waals surface area contributed by atoms with Crippen molar-refractivity contribution in [3.05, 3.63) is 58.3 Å². The second kappa shape index (κ2) is 15.1. The minimum Gasteiger partial charge on any atom is -0.436 e. The first kappa shape index (κ1) is 31.4. The van der Waals surface area contributed by atoms with Gasteiger partial charge in [0.25, 0.3) is 0 Å². The lowest BCUT2D eigenvalue weighted by atomic mass is 9.96. The van der Waals surface area contributed by atoms with Crippen LogP contribution in [0.3, 0.4) is 0 Å². The zero-order chi connectivity index (χ0) is 30.2. The highest BCUT2D eigenvalue weighted by Gasteiger charge is 2.21. The third kappa shape index (κ3) is 9.25. The highest BCUT2D eigenvalue weighted by molar-refractivity contribution is 6.35. The quantitative estimate of drug-likeness (QED) is 0.281. The van der Waals surface area contributed by atoms with Crippen molar-refractivity contribution in [2.24, 2.45) is 5.92 Å². The summed E-state index contributed by atoms with van der Waals surface area (Å²) in [4.78, 5) is 32.5. The number of hydrogen-bond donors (Lipinski definition) is 1. The lowest BCUT2D eigenvalue weighted by Gasteiger charge is -2.34. The molecule has 2 aromatic heterocycles. The average Bonchev–Trinajstić information content (AvgIpc) is 3.00. The number of benzene rings is 1. The number of ether oxygens (including phenoxy) is 1. The van der Waals surface area contributed by atoms with Crippen LogP contribution in [0, 0.1) is 5.92 Å². The normalized spacial score (nSPS) is 16.8. The van der Waals surface area contributed by atoms with E-state index in [0.29, 0.717) is 27.6 Å². The molecule has 4 heterocycles. The summed E-state index contributed by atoms with van der Waals surface area (Å²) in [6.45, 7) is 12.3. The van der Waals surface area contributed by atoms with E-state index in [1.807, 2.05) is 18.2 Å². The number of pyridine rings is 1. The molecule has 3 aromatic rings. The van der Waals surface area contributed by atoms with Gasteiger partial charge < -0.3 is 15.0 Å². The van der Waals surface area contributed by atoms with E-state index in [9.17, 15) is 4.79 Å². The topological polar surface area (TPSA) is 86.7 Å². The molecule has 43 heavy (non-hydrogen) atoms. The maximum Gasteiger partial charge on any atom is 0.225 e. The van der Waals surface area contributed by atoms with Crippen molar-refractivity contribution in [3.63, 3.8) is 0 Å². The van der Waals surface area contributed by atoms with E-state index < -0.39 is 0 Å². The summed E-state index contributed by atoms with van der Waals surface area (Å²) in [6, 6.07) is 9.47. The molecule has 1 aromatic carbocycles. The largest absolute Gasteiger partial charge is 0.436 e. The zero-order valence-corrected chi connectivity index (χ0v) is 26.6. The summed E-state index contributed by atoms with van der Waals surface area (Å²) >= 11 is 12.7. The lowest BCUT2D eigenvalue weighted by Crippen LogP contribution is -2.47. The summed E-state index contributed by atoms with van der Waals surface area (Å²) in [5.74, 6) is 2.25. The van der Waals surface area contributed by atoms with Crippen molar-refractivity contribution in [2.45, 2.75) is 46.1 Å². The fourth-order valence-electron chi connectivity index (χ4n) is 5.65. The number of hydrogen-bond acceptors (Lipinski definition) is 8. The molecule has 2 aliphatic rings. The molecule has 1 N–H and O–H groups in total. The number of aromatic nitrogens is 3. The fraction of sp³-hybridized carbons (Fsp3) is 0.500. The van der Waals surface area contributed by atoms with Crippen LogP contribution in [0.15, 0.2) is 42.7 Å². The molecule has 11 heteroatoms. The van der Waals surface area contributed by atoms with Crippen molar-refractivity contribution in [3.8, 4) is 22.9 Å². The van der Waals surface area contributed by atoms with E-state index in [2.05, 4.69) is 43.0 Å². The molecular weight excluding hydrogens is 585 g/mol. The zero-order valence-electron chi connectivity index (χ0n) is 25.1. The number of carbonyl (C=O) groups excluding carboxylic acids is 1. The monoisotopic (exact) mass is 625 g/mol. The Bertz CT molecular complexity index is 1340. The Hall–Kier alpha value is -2.98. The third-order valence-electron chi connectivity index (χ3n) is 8.09. The summed E-state index contributed by atoms with van der Waals surface area (Å²) in [7, 11) is 0. The van der Waals surface area contributed by atoms with Gasteiger partial charge in [-0.1, -0.05) is 36.5 Å². The molecule has 0 spiro atoms. The number of nitrogens with one attached hydrogen (secondary N) is 1. The number of piperidine rings is 1. The Kier molecular flexibility index (Phi) is 11.1. The minimum absolute atomic E-state index is 0.0288. The molecule has 230 valence electrons. The summed E-state index contributed by atoms with van der Waals surface area (Å²) in [5, 5.41) is 4.06. The van der Waals surface area contributed by atoms with Crippen molar-refractivity contribution in [1.29, 1.82) is 0 Å². The molecule has 0 unspecified atom stereocenters. The smallest absolute Gasteiger partial charge is 0.225 e. The van der Waals surface area contributed by atoms with Crippen LogP contribution < -0.4 is 15.0 Å². The molecule has 0 radical (unpaired) electrons. The van der Waals surface area contributed by atoms with E-state index >= 15 is 0 Å². The van der Waals surface area contributed by atoms with E-state index in [0.717, 1.165) is 94.5 Å². The molecule has 2 fully saturated rings. The Morgan fingerprint density at radius 3 is 2.30 bits per heavy atom. The van der Waals surface area contributed by atoms with Gasteiger partial charge in [-0.25, -0.2) is 15.0 Å². The van der Waals surface area contributed by atoms with Crippen LogP contribution in [0.2, 0.25) is 10.0 Å². The van der Waals surface area contributed by atoms with Crippen molar-refractivity contribution in [1.82, 2.24) is 30.1 Å². The molecule has 0 atom stereocenters. The minimum atomic E-state index is 0.0288. The van der Waals surface area contributed by atoms with Gasteiger partial charge in [-0.15, -0.1) is 0 Å².